The number of benzene rings is 4. The van der Waals surface area contributed by atoms with Crippen molar-refractivity contribution in [2.45, 2.75) is 118 Å². The molecule has 12 bridgehead atoms. The van der Waals surface area contributed by atoms with Gasteiger partial charge in [-0.1, -0.05) is 132 Å². The van der Waals surface area contributed by atoms with Gasteiger partial charge in [-0.15, -0.1) is 0 Å². The van der Waals surface area contributed by atoms with Crippen LogP contribution in [0.15, 0.2) is 144 Å². The van der Waals surface area contributed by atoms with E-state index in [0.29, 0.717) is 82.9 Å². The number of fused-ring (bicyclic) bond motifs is 23. The summed E-state index contributed by atoms with van der Waals surface area (Å²) >= 11 is 0. The Morgan fingerprint density at radius 1 is 0.271 bits per heavy atom. The minimum absolute atomic E-state index is 0.0885. The first-order valence-electron chi connectivity index (χ1n) is 24.5. The Balaban J connectivity index is 1.00. The SMILES string of the molecule is CC(C)(C)c1ccc2c(c1)C1=NC2=NC2=NC(=NC3=NC(=N1)C1=C3CC3C4=NC5=NC(=NC6=NC(=NC(=N4)C3C1)c1cc(C(C)(C)C)ccc16)c1cc(C(C)(C)C)ccc15)c1ccc(C(C)(C)C)cc12. The molecule has 0 amide bonds. The van der Waals surface area contributed by atoms with Crippen molar-refractivity contribution >= 4 is 70.0 Å². The van der Waals surface area contributed by atoms with Crippen LogP contribution in [0.3, 0.4) is 0 Å². The second-order valence-corrected chi connectivity index (χ2v) is 23.9. The molecule has 0 saturated heterocycles. The standard InChI is InChI=1S/C58H54N12/c1-55(2,3)27-13-17-31-35(21-27)47-59-43-33-19-15-29(57(7,8)9)23-37(33)49(63-43)67-53-41-26-42-40(25-39(41)51(69-53)65-45(31)61-47)52-66-46-32-18-14-28(56(4,5)6)22-36(32)48(62-46)60-44-34-20-16-30(58(10,11)12)24-38(34)50(64-44)68-54(42)70-52/h13-24,39,41H,25-26H2,1-12H3. The molecule has 12 heteroatoms. The highest BCUT2D eigenvalue weighted by Crippen LogP contribution is 2.46. The molecule has 0 spiro atoms. The van der Waals surface area contributed by atoms with Gasteiger partial charge < -0.3 is 0 Å². The fraction of sp³-hybridized carbons (Fsp3) is 0.345. The minimum atomic E-state index is -0.164. The van der Waals surface area contributed by atoms with Crippen molar-refractivity contribution in [3.05, 3.63) is 151 Å². The van der Waals surface area contributed by atoms with E-state index in [4.69, 9.17) is 59.9 Å². The van der Waals surface area contributed by atoms with Gasteiger partial charge in [0.05, 0.1) is 0 Å². The molecule has 1 aliphatic carbocycles. The van der Waals surface area contributed by atoms with Crippen molar-refractivity contribution in [1.82, 2.24) is 0 Å². The van der Waals surface area contributed by atoms with Crippen molar-refractivity contribution in [2.24, 2.45) is 71.7 Å². The highest BCUT2D eigenvalue weighted by Gasteiger charge is 2.47. The van der Waals surface area contributed by atoms with Gasteiger partial charge in [0.1, 0.15) is 11.7 Å². The first-order chi connectivity index (χ1) is 33.1. The topological polar surface area (TPSA) is 148 Å². The summed E-state index contributed by atoms with van der Waals surface area (Å²) in [5.74, 6) is 6.84. The number of hydrogen-bond acceptors (Lipinski definition) is 12. The number of nitrogens with zero attached hydrogens (tertiary/aromatic N) is 12. The molecule has 0 aromatic heterocycles. The van der Waals surface area contributed by atoms with Gasteiger partial charge in [0, 0.05) is 67.5 Å². The third-order valence-electron chi connectivity index (χ3n) is 14.9. The lowest BCUT2D eigenvalue weighted by Gasteiger charge is -2.26. The Kier molecular flexibility index (Phi) is 8.63. The van der Waals surface area contributed by atoms with Crippen LogP contribution in [-0.2, 0) is 21.7 Å². The molecule has 0 fully saturated rings. The number of aliphatic imine (C=N–C) groups is 12. The fourth-order valence-electron chi connectivity index (χ4n) is 10.6. The van der Waals surface area contributed by atoms with E-state index in [-0.39, 0.29) is 33.5 Å². The summed E-state index contributed by atoms with van der Waals surface area (Å²) in [6.45, 7) is 26.7. The van der Waals surface area contributed by atoms with E-state index in [1.54, 1.807) is 0 Å². The molecule has 13 rings (SSSR count). The fourth-order valence-corrected chi connectivity index (χ4v) is 10.6. The van der Waals surface area contributed by atoms with Gasteiger partial charge in [-0.2, -0.15) is 0 Å². The van der Waals surface area contributed by atoms with Crippen molar-refractivity contribution in [3.63, 3.8) is 0 Å². The van der Waals surface area contributed by atoms with Crippen molar-refractivity contribution < 1.29 is 0 Å². The summed E-state index contributed by atoms with van der Waals surface area (Å²) in [6, 6.07) is 26.1. The molecule has 2 unspecified atom stereocenters. The summed E-state index contributed by atoms with van der Waals surface area (Å²) < 4.78 is 0. The third-order valence-corrected chi connectivity index (χ3v) is 14.9. The molecule has 2 atom stereocenters. The van der Waals surface area contributed by atoms with Gasteiger partial charge in [-0.3, -0.25) is 0 Å². The predicted molar refractivity (Wildman–Crippen MR) is 286 cm³/mol. The van der Waals surface area contributed by atoms with Crippen LogP contribution in [-0.4, -0.2) is 70.0 Å². The van der Waals surface area contributed by atoms with E-state index in [9.17, 15) is 0 Å². The highest BCUT2D eigenvalue weighted by atomic mass is 15.2. The van der Waals surface area contributed by atoms with E-state index in [1.165, 1.54) is 22.3 Å². The van der Waals surface area contributed by atoms with Crippen LogP contribution in [0.2, 0.25) is 0 Å². The van der Waals surface area contributed by atoms with Crippen LogP contribution in [0.5, 0.6) is 0 Å². The largest absolute Gasteiger partial charge is 0.217 e. The Morgan fingerprint density at radius 2 is 0.514 bits per heavy atom. The van der Waals surface area contributed by atoms with Gasteiger partial charge >= 0.3 is 0 Å². The smallest absolute Gasteiger partial charge is 0.164 e. The van der Waals surface area contributed by atoms with Gasteiger partial charge in [-0.05, 0) is 81.0 Å². The monoisotopic (exact) mass is 918 g/mol. The molecule has 0 saturated carbocycles. The summed E-state index contributed by atoms with van der Waals surface area (Å²) in [5.41, 5.74) is 13.7. The molecule has 0 N–H and O–H groups in total. The normalized spacial score (nSPS) is 21.4. The average Bonchev–Trinajstić information content (AvgIpc) is 4.13. The molecule has 8 heterocycles. The molecule has 346 valence electrons. The van der Waals surface area contributed by atoms with Crippen LogP contribution >= 0.6 is 0 Å². The molecule has 4 aromatic rings. The van der Waals surface area contributed by atoms with Crippen LogP contribution in [0.4, 0.5) is 0 Å². The van der Waals surface area contributed by atoms with Crippen molar-refractivity contribution in [1.29, 1.82) is 0 Å². The Labute approximate surface area is 408 Å². The molecule has 8 aliphatic heterocycles. The number of rotatable bonds is 0. The van der Waals surface area contributed by atoms with Crippen LogP contribution in [0.1, 0.15) is 163 Å². The van der Waals surface area contributed by atoms with E-state index in [0.717, 1.165) is 55.7 Å². The molecule has 0 radical (unpaired) electrons. The lowest BCUT2D eigenvalue weighted by Crippen LogP contribution is -2.28. The molecular weight excluding hydrogens is 865 g/mol. The van der Waals surface area contributed by atoms with Gasteiger partial charge in [-0.25, -0.2) is 59.9 Å². The zero-order valence-corrected chi connectivity index (χ0v) is 41.9. The zero-order valence-electron chi connectivity index (χ0n) is 41.9. The molecule has 12 nitrogen and oxygen atoms in total. The van der Waals surface area contributed by atoms with Crippen LogP contribution < -0.4 is 0 Å². The van der Waals surface area contributed by atoms with E-state index < -0.39 is 0 Å². The van der Waals surface area contributed by atoms with E-state index >= 15 is 0 Å². The Bertz CT molecular complexity index is 3610. The number of hydrogen-bond donors (Lipinski definition) is 0. The zero-order chi connectivity index (χ0) is 48.6. The van der Waals surface area contributed by atoms with Crippen LogP contribution in [0.25, 0.3) is 0 Å². The van der Waals surface area contributed by atoms with Crippen molar-refractivity contribution in [3.8, 4) is 0 Å². The highest BCUT2D eigenvalue weighted by molar-refractivity contribution is 6.36. The summed E-state index contributed by atoms with van der Waals surface area (Å²) in [5, 5.41) is 0. The molecule has 9 aliphatic rings. The second-order valence-electron chi connectivity index (χ2n) is 23.9. The average molecular weight is 919 g/mol. The quantitative estimate of drug-likeness (QED) is 0.165. The van der Waals surface area contributed by atoms with E-state index in [2.05, 4.69) is 156 Å². The molecule has 4 aromatic carbocycles. The Hall–Kier alpha value is -7.34. The first-order valence-corrected chi connectivity index (χ1v) is 24.5. The second kappa shape index (κ2) is 14.1. The predicted octanol–water partition coefficient (Wildman–Crippen LogP) is 11.0. The first kappa shape index (κ1) is 42.7. The van der Waals surface area contributed by atoms with Crippen LogP contribution in [0, 0.1) is 11.8 Å². The summed E-state index contributed by atoms with van der Waals surface area (Å²) in [6.07, 6.45) is 1.11. The van der Waals surface area contributed by atoms with Gasteiger partial charge in [0.15, 0.2) is 58.4 Å². The summed E-state index contributed by atoms with van der Waals surface area (Å²) in [7, 11) is 0. The van der Waals surface area contributed by atoms with Crippen molar-refractivity contribution in [2.75, 3.05) is 0 Å². The van der Waals surface area contributed by atoms with E-state index in [1.807, 2.05) is 0 Å². The summed E-state index contributed by atoms with van der Waals surface area (Å²) in [4.78, 5) is 63.5. The Morgan fingerprint density at radius 3 is 0.843 bits per heavy atom. The maximum Gasteiger partial charge on any atom is 0.164 e. The molecule has 70 heavy (non-hydrogen) atoms. The maximum absolute atomic E-state index is 5.42. The number of amidine groups is 12. The maximum atomic E-state index is 5.42. The van der Waals surface area contributed by atoms with Gasteiger partial charge in [0.25, 0.3) is 0 Å². The lowest BCUT2D eigenvalue weighted by atomic mass is 9.76. The third kappa shape index (κ3) is 6.62. The minimum Gasteiger partial charge on any atom is -0.217 e. The lowest BCUT2D eigenvalue weighted by molar-refractivity contribution is 0.518. The van der Waals surface area contributed by atoms with Gasteiger partial charge in [0.2, 0.25) is 0 Å². The molecular formula is C58H54N12.